The van der Waals surface area contributed by atoms with Crippen molar-refractivity contribution in [2.75, 3.05) is 27.2 Å². The van der Waals surface area contributed by atoms with Crippen molar-refractivity contribution in [2.24, 2.45) is 0 Å². The number of carboxylic acid groups (broad SMARTS) is 2. The van der Waals surface area contributed by atoms with Gasteiger partial charge in [0.2, 0.25) is 5.91 Å². The molecule has 11 heteroatoms. The highest BCUT2D eigenvalue weighted by Gasteiger charge is 2.16. The number of aromatic nitrogens is 2. The third-order valence-corrected chi connectivity index (χ3v) is 3.71. The van der Waals surface area contributed by atoms with Gasteiger partial charge in [-0.3, -0.25) is 14.4 Å². The van der Waals surface area contributed by atoms with Gasteiger partial charge in [-0.1, -0.05) is 6.07 Å². The molecule has 2 rings (SSSR count). The number of H-pyrrole nitrogens is 1. The highest BCUT2D eigenvalue weighted by atomic mass is 19.1. The maximum Gasteiger partial charge on any atom is 0.290 e. The molecule has 0 saturated carbocycles. The van der Waals surface area contributed by atoms with E-state index in [9.17, 15) is 13.6 Å². The van der Waals surface area contributed by atoms with Crippen molar-refractivity contribution in [1.29, 1.82) is 0 Å². The van der Waals surface area contributed by atoms with Gasteiger partial charge in [0.1, 0.15) is 11.6 Å². The number of aromatic amines is 1. The van der Waals surface area contributed by atoms with Gasteiger partial charge in [0.15, 0.2) is 0 Å². The van der Waals surface area contributed by atoms with Crippen LogP contribution in [0.5, 0.6) is 0 Å². The molecule has 9 nitrogen and oxygen atoms in total. The lowest BCUT2D eigenvalue weighted by Gasteiger charge is -2.24. The van der Waals surface area contributed by atoms with Gasteiger partial charge in [-0.2, -0.15) is 0 Å². The lowest BCUT2D eigenvalue weighted by atomic mass is 10.1. The van der Waals surface area contributed by atoms with Gasteiger partial charge in [0.25, 0.3) is 12.9 Å². The maximum absolute atomic E-state index is 13.7. The van der Waals surface area contributed by atoms with Gasteiger partial charge in [-0.05, 0) is 32.1 Å². The summed E-state index contributed by atoms with van der Waals surface area (Å²) in [6.07, 6.45) is 3.66. The molecule has 0 aliphatic heterocycles. The second kappa shape index (κ2) is 15.6. The van der Waals surface area contributed by atoms with Gasteiger partial charge in [0, 0.05) is 31.8 Å². The smallest absolute Gasteiger partial charge is 0.290 e. The molecule has 1 amide bonds. The number of aryl methyl sites for hydroxylation is 1. The summed E-state index contributed by atoms with van der Waals surface area (Å²) >= 11 is 0. The number of halogens is 2. The molecule has 0 aliphatic rings. The monoisotopic (exact) mass is 428 g/mol. The van der Waals surface area contributed by atoms with Crippen LogP contribution in [0.3, 0.4) is 0 Å². The fourth-order valence-corrected chi connectivity index (χ4v) is 2.31. The van der Waals surface area contributed by atoms with E-state index in [1.165, 1.54) is 12.1 Å². The predicted octanol–water partition coefficient (Wildman–Crippen LogP) is 1.61. The molecule has 1 aromatic carbocycles. The summed E-state index contributed by atoms with van der Waals surface area (Å²) < 4.78 is 26.6. The summed E-state index contributed by atoms with van der Waals surface area (Å²) in [7, 11) is 3.87. The van der Waals surface area contributed by atoms with Gasteiger partial charge in [-0.15, -0.1) is 0 Å². The minimum Gasteiger partial charge on any atom is -0.483 e. The summed E-state index contributed by atoms with van der Waals surface area (Å²) in [6.45, 7) is 1.22. The molecule has 0 bridgehead atoms. The van der Waals surface area contributed by atoms with E-state index < -0.39 is 11.6 Å². The van der Waals surface area contributed by atoms with E-state index in [-0.39, 0.29) is 31.7 Å². The summed E-state index contributed by atoms with van der Waals surface area (Å²) in [5.41, 5.74) is 1.19. The Morgan fingerprint density at radius 3 is 2.30 bits per heavy atom. The molecular formula is C19H26F2N4O5. The van der Waals surface area contributed by atoms with Crippen LogP contribution in [0.1, 0.15) is 17.7 Å². The molecule has 3 N–H and O–H groups in total. The fraction of sp³-hybridized carbons (Fsp3) is 0.368. The number of hydrogen-bond donors (Lipinski definition) is 3. The van der Waals surface area contributed by atoms with Gasteiger partial charge in [-0.25, -0.2) is 13.8 Å². The van der Waals surface area contributed by atoms with Crippen LogP contribution in [0.4, 0.5) is 8.78 Å². The molecule has 0 fully saturated rings. The molecule has 0 atom stereocenters. The lowest BCUT2D eigenvalue weighted by molar-refractivity contribution is -0.132. The van der Waals surface area contributed by atoms with E-state index >= 15 is 0 Å². The number of nitrogens with one attached hydrogen (secondary N) is 1. The Morgan fingerprint density at radius 1 is 1.17 bits per heavy atom. The first-order chi connectivity index (χ1) is 14.3. The molecule has 166 valence electrons. The Hall–Kier alpha value is -3.34. The second-order valence-electron chi connectivity index (χ2n) is 6.14. The topological polar surface area (TPSA) is 127 Å². The first-order valence-electron chi connectivity index (χ1n) is 8.78. The second-order valence-corrected chi connectivity index (χ2v) is 6.14. The van der Waals surface area contributed by atoms with Crippen molar-refractivity contribution >= 4 is 18.9 Å². The van der Waals surface area contributed by atoms with Crippen LogP contribution >= 0.6 is 0 Å². The Balaban J connectivity index is 0.00000125. The zero-order valence-electron chi connectivity index (χ0n) is 16.8. The van der Waals surface area contributed by atoms with Crippen LogP contribution in [0.2, 0.25) is 0 Å². The summed E-state index contributed by atoms with van der Waals surface area (Å²) in [6, 6.07) is 3.43. The quantitative estimate of drug-likeness (QED) is 0.545. The normalized spacial score (nSPS) is 9.63. The number of carbonyl (C=O) groups is 3. The average Bonchev–Trinajstić information content (AvgIpc) is 3.18. The number of nitrogens with zero attached hydrogens (tertiary/aromatic N) is 3. The van der Waals surface area contributed by atoms with Crippen LogP contribution in [0.15, 0.2) is 30.7 Å². The van der Waals surface area contributed by atoms with Crippen molar-refractivity contribution in [2.45, 2.75) is 19.4 Å². The zero-order chi connectivity index (χ0) is 22.9. The third-order valence-electron chi connectivity index (χ3n) is 3.71. The zero-order valence-corrected chi connectivity index (χ0v) is 16.8. The van der Waals surface area contributed by atoms with E-state index in [2.05, 4.69) is 9.97 Å². The number of amides is 1. The van der Waals surface area contributed by atoms with Gasteiger partial charge >= 0.3 is 0 Å². The summed E-state index contributed by atoms with van der Waals surface area (Å²) in [5, 5.41) is 13.8. The van der Waals surface area contributed by atoms with E-state index in [4.69, 9.17) is 19.8 Å². The Kier molecular flexibility index (Phi) is 13.8. The Morgan fingerprint density at radius 2 is 1.80 bits per heavy atom. The Labute approximate surface area is 173 Å². The van der Waals surface area contributed by atoms with Gasteiger partial charge in [0.05, 0.1) is 18.6 Å². The average molecular weight is 428 g/mol. The predicted molar refractivity (Wildman–Crippen MR) is 105 cm³/mol. The van der Waals surface area contributed by atoms with Crippen molar-refractivity contribution in [1.82, 2.24) is 19.8 Å². The number of imidazole rings is 1. The largest absolute Gasteiger partial charge is 0.483 e. The number of rotatable bonds is 8. The van der Waals surface area contributed by atoms with E-state index in [1.807, 2.05) is 19.0 Å². The van der Waals surface area contributed by atoms with E-state index in [1.54, 1.807) is 17.4 Å². The van der Waals surface area contributed by atoms with E-state index in [0.717, 1.165) is 18.3 Å². The number of likely N-dealkylation sites (N-methyl/N-ethyl adjacent to an activating group) is 1. The number of carbonyl (C=O) groups excluding carboxylic acids is 1. The van der Waals surface area contributed by atoms with E-state index in [0.29, 0.717) is 18.7 Å². The van der Waals surface area contributed by atoms with Crippen LogP contribution in [-0.2, 0) is 27.3 Å². The molecule has 0 aliphatic carbocycles. The van der Waals surface area contributed by atoms with Gasteiger partial charge < -0.3 is 25.0 Å². The first kappa shape index (κ1) is 26.7. The first-order valence-corrected chi connectivity index (χ1v) is 8.78. The van der Waals surface area contributed by atoms with Crippen LogP contribution in [0.25, 0.3) is 0 Å². The molecule has 2 aromatic rings. The van der Waals surface area contributed by atoms with Crippen LogP contribution < -0.4 is 0 Å². The lowest BCUT2D eigenvalue weighted by Crippen LogP contribution is -2.36. The molecule has 0 spiro atoms. The maximum atomic E-state index is 13.7. The summed E-state index contributed by atoms with van der Waals surface area (Å²) in [5.74, 6) is -1.30. The minimum atomic E-state index is -0.616. The van der Waals surface area contributed by atoms with Crippen LogP contribution in [-0.4, -0.2) is 76.0 Å². The molecule has 1 heterocycles. The van der Waals surface area contributed by atoms with Crippen molar-refractivity contribution < 1.29 is 33.4 Å². The standard InChI is InChI=1S/C17H22F2N4O.2CH2O2/c1-22(2)7-8-23(11-15-10-20-12-21-15)17(24)6-4-13-3-5-14(18)9-16(13)19;2*2-1-3/h3,5,9-10,12H,4,6-8,11H2,1-2H3,(H,20,21);2*1H,(H,2,3). The third kappa shape index (κ3) is 11.5. The highest BCUT2D eigenvalue weighted by Crippen LogP contribution is 2.13. The van der Waals surface area contributed by atoms with Crippen molar-refractivity contribution in [3.8, 4) is 0 Å². The minimum absolute atomic E-state index is 0.0739. The van der Waals surface area contributed by atoms with Crippen LogP contribution in [0, 0.1) is 11.6 Å². The molecular weight excluding hydrogens is 402 g/mol. The molecule has 0 unspecified atom stereocenters. The van der Waals surface area contributed by atoms with Crippen molar-refractivity contribution in [3.63, 3.8) is 0 Å². The van der Waals surface area contributed by atoms with Crippen molar-refractivity contribution in [3.05, 3.63) is 53.6 Å². The Bertz CT molecular complexity index is 751. The molecule has 30 heavy (non-hydrogen) atoms. The molecule has 1 aromatic heterocycles. The number of hydrogen-bond acceptors (Lipinski definition) is 5. The number of benzene rings is 1. The highest BCUT2D eigenvalue weighted by molar-refractivity contribution is 5.76. The molecule has 0 saturated heterocycles. The summed E-state index contributed by atoms with van der Waals surface area (Å²) in [4.78, 5) is 39.9. The fourth-order valence-electron chi connectivity index (χ4n) is 2.31. The SMILES string of the molecule is CN(C)CCN(Cc1cnc[nH]1)C(=O)CCc1ccc(F)cc1F.O=CO.O=CO. The molecule has 0 radical (unpaired) electrons.